The first-order chi connectivity index (χ1) is 16.3. The molecule has 3 aromatic heterocycles. The van der Waals surface area contributed by atoms with Gasteiger partial charge in [0.15, 0.2) is 17.5 Å². The fraction of sp³-hybridized carbons (Fsp3) is 0.458. The van der Waals surface area contributed by atoms with Crippen molar-refractivity contribution in [3.63, 3.8) is 0 Å². The molecule has 2 N–H and O–H groups in total. The molecule has 0 saturated heterocycles. The van der Waals surface area contributed by atoms with Crippen molar-refractivity contribution in [2.75, 3.05) is 5.32 Å². The molecule has 0 spiro atoms. The molecular weight excluding hydrogens is 475 g/mol. The van der Waals surface area contributed by atoms with E-state index in [0.717, 1.165) is 12.4 Å². The summed E-state index contributed by atoms with van der Waals surface area (Å²) in [5, 5.41) is 3.56. The lowest BCUT2D eigenvalue weighted by atomic mass is 9.87. The molecule has 190 valence electrons. The summed E-state index contributed by atoms with van der Waals surface area (Å²) < 4.78 is 52.9. The molecule has 0 aliphatic heterocycles. The van der Waals surface area contributed by atoms with Crippen LogP contribution in [0, 0.1) is 17.0 Å². The summed E-state index contributed by atoms with van der Waals surface area (Å²) in [6.07, 6.45) is 4.76. The van der Waals surface area contributed by atoms with Gasteiger partial charge in [-0.2, -0.15) is 0 Å². The van der Waals surface area contributed by atoms with Gasteiger partial charge in [0.2, 0.25) is 0 Å². The molecule has 11 heteroatoms. The van der Waals surface area contributed by atoms with Crippen LogP contribution in [0.2, 0.25) is 0 Å². The zero-order chi connectivity index (χ0) is 26.0. The van der Waals surface area contributed by atoms with Crippen molar-refractivity contribution in [2.45, 2.75) is 66.7 Å². The second-order valence-electron chi connectivity index (χ2n) is 9.82. The molecule has 35 heavy (non-hydrogen) atoms. The van der Waals surface area contributed by atoms with Gasteiger partial charge < -0.3 is 19.3 Å². The number of hydrogen-bond donors (Lipinski definition) is 2. The predicted octanol–water partition coefficient (Wildman–Crippen LogP) is 6.68. The van der Waals surface area contributed by atoms with Crippen molar-refractivity contribution in [2.24, 2.45) is 5.41 Å². The van der Waals surface area contributed by atoms with Crippen LogP contribution in [0.5, 0.6) is 0 Å². The third-order valence-electron chi connectivity index (χ3n) is 4.88. The van der Waals surface area contributed by atoms with E-state index < -0.39 is 30.7 Å². The lowest BCUT2D eigenvalue weighted by Gasteiger charge is -2.30. The van der Waals surface area contributed by atoms with Crippen LogP contribution in [0.25, 0.3) is 22.4 Å². The van der Waals surface area contributed by atoms with Gasteiger partial charge in [0.05, 0.1) is 30.6 Å². The first kappa shape index (κ1) is 26.9. The van der Waals surface area contributed by atoms with E-state index >= 15 is 0 Å². The van der Waals surface area contributed by atoms with E-state index in [1.165, 1.54) is 11.9 Å². The maximum atomic E-state index is 14.8. The van der Waals surface area contributed by atoms with E-state index in [4.69, 9.17) is 9.05 Å². The largest absolute Gasteiger partial charge is 0.361 e. The van der Waals surface area contributed by atoms with Gasteiger partial charge in [-0.05, 0) is 39.2 Å². The minimum atomic E-state index is -3.55. The number of aromatic amines is 1. The maximum Gasteiger partial charge on any atom is 0.354 e. The lowest BCUT2D eigenvalue weighted by molar-refractivity contribution is 0.149. The fourth-order valence-corrected chi connectivity index (χ4v) is 5.08. The molecule has 8 nitrogen and oxygen atoms in total. The Morgan fingerprint density at radius 3 is 2.34 bits per heavy atom. The van der Waals surface area contributed by atoms with Crippen LogP contribution in [0.1, 0.15) is 48.5 Å². The monoisotopic (exact) mass is 507 g/mol. The van der Waals surface area contributed by atoms with Crippen LogP contribution < -0.4 is 5.32 Å². The summed E-state index contributed by atoms with van der Waals surface area (Å²) in [7, 11) is -3.55. The Labute approximate surface area is 204 Å². The van der Waals surface area contributed by atoms with Gasteiger partial charge in [0.25, 0.3) is 0 Å². The lowest BCUT2D eigenvalue weighted by Crippen LogP contribution is -2.33. The minimum Gasteiger partial charge on any atom is -0.361 e. The van der Waals surface area contributed by atoms with E-state index in [1.807, 2.05) is 20.8 Å². The molecule has 3 aromatic rings. The number of fused-ring (bicyclic) bond motifs is 1. The normalized spacial score (nSPS) is 13.9. The third-order valence-corrected chi connectivity index (χ3v) is 6.85. The molecule has 0 fully saturated rings. The number of rotatable bonds is 9. The number of aromatic nitrogens is 4. The van der Waals surface area contributed by atoms with Gasteiger partial charge in [0.1, 0.15) is 11.5 Å². The number of hydrogen-bond acceptors (Lipinski definition) is 7. The van der Waals surface area contributed by atoms with E-state index in [9.17, 15) is 13.3 Å². The Morgan fingerprint density at radius 2 is 1.74 bits per heavy atom. The molecule has 0 aromatic carbocycles. The first-order valence-electron chi connectivity index (χ1n) is 11.4. The number of anilines is 1. The Balaban J connectivity index is 1.96. The van der Waals surface area contributed by atoms with Crippen LogP contribution in [0.15, 0.2) is 36.6 Å². The highest BCUT2D eigenvalue weighted by Gasteiger charge is 2.29. The number of nitrogens with zero attached hydrogens (tertiary/aromatic N) is 3. The van der Waals surface area contributed by atoms with E-state index in [-0.39, 0.29) is 23.9 Å². The van der Waals surface area contributed by atoms with Crippen molar-refractivity contribution in [3.8, 4) is 11.4 Å². The highest BCUT2D eigenvalue weighted by atomic mass is 31.2. The smallest absolute Gasteiger partial charge is 0.354 e. The van der Waals surface area contributed by atoms with Gasteiger partial charge in [0, 0.05) is 23.0 Å². The van der Waals surface area contributed by atoms with Gasteiger partial charge in [-0.15, -0.1) is 0 Å². The first-order valence-corrected chi connectivity index (χ1v) is 13.0. The molecule has 1 unspecified atom stereocenters. The topological polar surface area (TPSA) is 102 Å². The molecular formula is C24H32F2N5O3P. The second kappa shape index (κ2) is 10.5. The van der Waals surface area contributed by atoms with E-state index in [2.05, 4.69) is 25.3 Å². The number of halogens is 2. The van der Waals surface area contributed by atoms with Crippen LogP contribution >= 0.6 is 7.60 Å². The van der Waals surface area contributed by atoms with Crippen molar-refractivity contribution in [1.82, 2.24) is 19.9 Å². The van der Waals surface area contributed by atoms with Gasteiger partial charge in [-0.3, -0.25) is 4.57 Å². The van der Waals surface area contributed by atoms with Crippen molar-refractivity contribution < 1.29 is 22.4 Å². The number of H-pyrrole nitrogens is 1. The third kappa shape index (κ3) is 6.93. The predicted molar refractivity (Wildman–Crippen MR) is 133 cm³/mol. The number of pyridine rings is 1. The average molecular weight is 508 g/mol. The number of nitrogens with one attached hydrogen (secondary N) is 2. The highest BCUT2D eigenvalue weighted by Crippen LogP contribution is 2.52. The molecule has 0 amide bonds. The second-order valence-corrected chi connectivity index (χ2v) is 11.6. The fourth-order valence-electron chi connectivity index (χ4n) is 3.34. The van der Waals surface area contributed by atoms with E-state index in [1.54, 1.807) is 40.0 Å². The quantitative estimate of drug-likeness (QED) is 0.311. The van der Waals surface area contributed by atoms with E-state index in [0.29, 0.717) is 16.6 Å². The molecule has 0 radical (unpaired) electrons. The average Bonchev–Trinajstić information content (AvgIpc) is 3.13. The summed E-state index contributed by atoms with van der Waals surface area (Å²) in [4.78, 5) is 15.4. The minimum absolute atomic E-state index is 0.0531. The molecule has 3 heterocycles. The highest BCUT2D eigenvalue weighted by molar-refractivity contribution is 7.57. The summed E-state index contributed by atoms with van der Waals surface area (Å²) in [6, 6.07) is 0.817. The standard InChI is InChI=1S/C24H32F2N5O3P/c1-14(2)33-35(32,34-15(3)4)9-8-20(24(5,6)7)30-23-19(26)13-29-22(31-23)18-12-28-21-17(18)10-16(25)11-27-21/h8-15,20H,1-7H3,(H,27,28)(H,29,30,31). The summed E-state index contributed by atoms with van der Waals surface area (Å²) in [5.74, 6) is 0.377. The maximum absolute atomic E-state index is 14.8. The molecule has 0 aliphatic rings. The van der Waals surface area contributed by atoms with Crippen molar-refractivity contribution in [1.29, 1.82) is 0 Å². The molecule has 1 atom stereocenters. The SMILES string of the molecule is CC(C)OP(=O)(C=CC(Nc1nc(-c2c[nH]c3ncc(F)cc23)ncc1F)C(C)(C)C)OC(C)C. The Morgan fingerprint density at radius 1 is 1.09 bits per heavy atom. The van der Waals surface area contributed by atoms with Crippen molar-refractivity contribution in [3.05, 3.63) is 48.2 Å². The Bertz CT molecular complexity index is 1240. The Hall–Kier alpha value is -2.68. The van der Waals surface area contributed by atoms with Crippen LogP contribution in [0.4, 0.5) is 14.6 Å². The Kier molecular flexibility index (Phi) is 8.09. The summed E-state index contributed by atoms with van der Waals surface area (Å²) in [5.41, 5.74) is 0.519. The summed E-state index contributed by atoms with van der Waals surface area (Å²) in [6.45, 7) is 12.9. The van der Waals surface area contributed by atoms with Gasteiger partial charge in [-0.1, -0.05) is 26.8 Å². The zero-order valence-electron chi connectivity index (χ0n) is 21.0. The zero-order valence-corrected chi connectivity index (χ0v) is 21.9. The summed E-state index contributed by atoms with van der Waals surface area (Å²) >= 11 is 0. The van der Waals surface area contributed by atoms with Crippen LogP contribution in [-0.4, -0.2) is 38.2 Å². The van der Waals surface area contributed by atoms with Crippen molar-refractivity contribution >= 4 is 24.4 Å². The van der Waals surface area contributed by atoms with Crippen LogP contribution in [-0.2, 0) is 13.6 Å². The molecule has 3 rings (SSSR count). The molecule has 0 bridgehead atoms. The van der Waals surface area contributed by atoms with Crippen LogP contribution in [0.3, 0.4) is 0 Å². The van der Waals surface area contributed by atoms with Gasteiger partial charge in [-0.25, -0.2) is 23.7 Å². The van der Waals surface area contributed by atoms with Gasteiger partial charge >= 0.3 is 7.60 Å². The molecule has 0 saturated carbocycles. The molecule has 0 aliphatic carbocycles.